The minimum atomic E-state index is -1.29. The van der Waals surface area contributed by atoms with Crippen molar-refractivity contribution in [3.05, 3.63) is 29.8 Å². The molecule has 1 amide bonds. The molecule has 1 aromatic rings. The lowest BCUT2D eigenvalue weighted by atomic mass is 10.1. The third-order valence-electron chi connectivity index (χ3n) is 2.28. The summed E-state index contributed by atoms with van der Waals surface area (Å²) in [5.74, 6) is -3.02. The summed E-state index contributed by atoms with van der Waals surface area (Å²) in [6.45, 7) is -1.38. The molecule has 0 radical (unpaired) electrons. The van der Waals surface area contributed by atoms with Gasteiger partial charge in [0.05, 0.1) is 12.7 Å². The van der Waals surface area contributed by atoms with Crippen LogP contribution in [0.5, 0.6) is 5.75 Å². The van der Waals surface area contributed by atoms with E-state index in [0.29, 0.717) is 0 Å². The molecule has 0 aliphatic rings. The van der Waals surface area contributed by atoms with Gasteiger partial charge in [-0.2, -0.15) is 0 Å². The Labute approximate surface area is 109 Å². The van der Waals surface area contributed by atoms with Crippen molar-refractivity contribution >= 4 is 17.8 Å². The first-order chi connectivity index (χ1) is 8.95. The first-order valence-corrected chi connectivity index (χ1v) is 5.31. The zero-order valence-electron chi connectivity index (χ0n) is 10.2. The summed E-state index contributed by atoms with van der Waals surface area (Å²) in [6.07, 6.45) is 0. The molecule has 0 unspecified atom stereocenters. The SMILES string of the molecule is COc1ccccc1C(=O)N(CC(=O)O)CC(=O)O. The summed E-state index contributed by atoms with van der Waals surface area (Å²) in [5, 5.41) is 17.4. The van der Waals surface area contributed by atoms with Crippen LogP contribution in [0.15, 0.2) is 24.3 Å². The normalized spacial score (nSPS) is 9.74. The van der Waals surface area contributed by atoms with Gasteiger partial charge in [-0.3, -0.25) is 14.4 Å². The maximum Gasteiger partial charge on any atom is 0.323 e. The Morgan fingerprint density at radius 3 is 2.11 bits per heavy atom. The Hall–Kier alpha value is -2.57. The second-order valence-electron chi connectivity index (χ2n) is 3.65. The molecular weight excluding hydrogens is 254 g/mol. The first kappa shape index (κ1) is 14.5. The highest BCUT2D eigenvalue weighted by Gasteiger charge is 2.23. The number of hydrogen-bond acceptors (Lipinski definition) is 4. The van der Waals surface area contributed by atoms with Gasteiger partial charge >= 0.3 is 11.9 Å². The van der Waals surface area contributed by atoms with Crippen LogP contribution >= 0.6 is 0 Å². The molecule has 0 aliphatic carbocycles. The number of aliphatic carboxylic acids is 2. The predicted molar refractivity (Wildman–Crippen MR) is 64.2 cm³/mol. The van der Waals surface area contributed by atoms with Crippen LogP contribution < -0.4 is 4.74 Å². The molecule has 1 rings (SSSR count). The molecule has 0 spiro atoms. The van der Waals surface area contributed by atoms with Crippen LogP contribution in [0.1, 0.15) is 10.4 Å². The first-order valence-electron chi connectivity index (χ1n) is 5.31. The Balaban J connectivity index is 3.04. The van der Waals surface area contributed by atoms with Crippen LogP contribution in [-0.2, 0) is 9.59 Å². The number of carboxylic acid groups (broad SMARTS) is 2. The summed E-state index contributed by atoms with van der Waals surface area (Å²) in [4.78, 5) is 34.2. The van der Waals surface area contributed by atoms with Crippen LogP contribution in [0, 0.1) is 0 Å². The minimum Gasteiger partial charge on any atom is -0.496 e. The van der Waals surface area contributed by atoms with Gasteiger partial charge in [-0.1, -0.05) is 12.1 Å². The highest BCUT2D eigenvalue weighted by molar-refractivity contribution is 5.99. The summed E-state index contributed by atoms with van der Waals surface area (Å²) in [7, 11) is 1.37. The molecule has 0 heterocycles. The van der Waals surface area contributed by atoms with Gasteiger partial charge in [0.1, 0.15) is 18.8 Å². The van der Waals surface area contributed by atoms with Gasteiger partial charge < -0.3 is 19.8 Å². The van der Waals surface area contributed by atoms with E-state index in [1.165, 1.54) is 19.2 Å². The van der Waals surface area contributed by atoms with Crippen LogP contribution in [0.25, 0.3) is 0 Å². The fourth-order valence-corrected chi connectivity index (χ4v) is 1.52. The number of carbonyl (C=O) groups excluding carboxylic acids is 1. The summed E-state index contributed by atoms with van der Waals surface area (Å²) in [5.41, 5.74) is 0.118. The van der Waals surface area contributed by atoms with Gasteiger partial charge in [-0.25, -0.2) is 0 Å². The van der Waals surface area contributed by atoms with Crippen molar-refractivity contribution in [1.29, 1.82) is 0 Å². The molecule has 0 saturated heterocycles. The van der Waals surface area contributed by atoms with Gasteiger partial charge in [0.15, 0.2) is 0 Å². The summed E-state index contributed by atoms with van der Waals surface area (Å²) >= 11 is 0. The maximum absolute atomic E-state index is 12.1. The second-order valence-corrected chi connectivity index (χ2v) is 3.65. The molecule has 0 bridgehead atoms. The van der Waals surface area contributed by atoms with Gasteiger partial charge in [0.2, 0.25) is 0 Å². The molecule has 0 aliphatic heterocycles. The molecule has 0 aromatic heterocycles. The van der Waals surface area contributed by atoms with Crippen LogP contribution in [0.3, 0.4) is 0 Å². The number of rotatable bonds is 6. The molecule has 0 atom stereocenters. The summed E-state index contributed by atoms with van der Waals surface area (Å²) < 4.78 is 4.98. The Morgan fingerprint density at radius 2 is 1.63 bits per heavy atom. The molecule has 2 N–H and O–H groups in total. The number of methoxy groups -OCH3 is 1. The van der Waals surface area contributed by atoms with E-state index < -0.39 is 30.9 Å². The molecule has 0 fully saturated rings. The topological polar surface area (TPSA) is 104 Å². The van der Waals surface area contributed by atoms with Crippen molar-refractivity contribution in [2.24, 2.45) is 0 Å². The smallest absolute Gasteiger partial charge is 0.323 e. The van der Waals surface area contributed by atoms with Crippen molar-refractivity contribution in [2.45, 2.75) is 0 Å². The van der Waals surface area contributed by atoms with Crippen LogP contribution in [0.2, 0.25) is 0 Å². The van der Waals surface area contributed by atoms with E-state index in [0.717, 1.165) is 4.90 Å². The van der Waals surface area contributed by atoms with Crippen molar-refractivity contribution in [1.82, 2.24) is 4.90 Å². The molecule has 102 valence electrons. The van der Waals surface area contributed by atoms with Gasteiger partial charge in [-0.15, -0.1) is 0 Å². The second kappa shape index (κ2) is 6.39. The third-order valence-corrected chi connectivity index (χ3v) is 2.28. The highest BCUT2D eigenvalue weighted by Crippen LogP contribution is 2.19. The number of ether oxygens (including phenoxy) is 1. The number of carboxylic acids is 2. The fraction of sp³-hybridized carbons (Fsp3) is 0.250. The van der Waals surface area contributed by atoms with Crippen molar-refractivity contribution in [3.8, 4) is 5.75 Å². The average molecular weight is 267 g/mol. The predicted octanol–water partition coefficient (Wildman–Crippen LogP) is 0.307. The van der Waals surface area contributed by atoms with E-state index in [2.05, 4.69) is 0 Å². The molecule has 7 heteroatoms. The Kier molecular flexibility index (Phi) is 4.87. The molecular formula is C12H13NO6. The number of hydrogen-bond donors (Lipinski definition) is 2. The van der Waals surface area contributed by atoms with Crippen molar-refractivity contribution < 1.29 is 29.3 Å². The zero-order valence-corrected chi connectivity index (χ0v) is 10.2. The maximum atomic E-state index is 12.1. The lowest BCUT2D eigenvalue weighted by Crippen LogP contribution is -2.39. The zero-order chi connectivity index (χ0) is 14.4. The van der Waals surface area contributed by atoms with Crippen molar-refractivity contribution in [3.63, 3.8) is 0 Å². The van der Waals surface area contributed by atoms with Gasteiger partial charge in [-0.05, 0) is 12.1 Å². The van der Waals surface area contributed by atoms with Crippen LogP contribution in [-0.4, -0.2) is 53.2 Å². The fourth-order valence-electron chi connectivity index (χ4n) is 1.52. The van der Waals surface area contributed by atoms with E-state index in [-0.39, 0.29) is 11.3 Å². The summed E-state index contributed by atoms with van der Waals surface area (Å²) in [6, 6.07) is 6.20. The Morgan fingerprint density at radius 1 is 1.11 bits per heavy atom. The lowest BCUT2D eigenvalue weighted by molar-refractivity contribution is -0.140. The van der Waals surface area contributed by atoms with Gasteiger partial charge in [0, 0.05) is 0 Å². The van der Waals surface area contributed by atoms with E-state index in [9.17, 15) is 14.4 Å². The third kappa shape index (κ3) is 3.98. The monoisotopic (exact) mass is 267 g/mol. The quantitative estimate of drug-likeness (QED) is 0.768. The van der Waals surface area contributed by atoms with E-state index in [1.807, 2.05) is 0 Å². The molecule has 7 nitrogen and oxygen atoms in total. The standard InChI is InChI=1S/C12H13NO6/c1-19-9-5-3-2-4-8(9)12(18)13(6-10(14)15)7-11(16)17/h2-5H,6-7H2,1H3,(H,14,15)(H,16,17). The molecule has 19 heavy (non-hydrogen) atoms. The molecule has 0 saturated carbocycles. The number of para-hydroxylation sites is 1. The average Bonchev–Trinajstić information content (AvgIpc) is 2.36. The van der Waals surface area contributed by atoms with Gasteiger partial charge in [0.25, 0.3) is 5.91 Å². The lowest BCUT2D eigenvalue weighted by Gasteiger charge is -2.19. The van der Waals surface area contributed by atoms with Crippen molar-refractivity contribution in [2.75, 3.05) is 20.2 Å². The van der Waals surface area contributed by atoms with Crippen LogP contribution in [0.4, 0.5) is 0 Å². The number of nitrogens with zero attached hydrogens (tertiary/aromatic N) is 1. The number of benzene rings is 1. The minimum absolute atomic E-state index is 0.118. The highest BCUT2D eigenvalue weighted by atomic mass is 16.5. The van der Waals surface area contributed by atoms with E-state index >= 15 is 0 Å². The number of carbonyl (C=O) groups is 3. The largest absolute Gasteiger partial charge is 0.496 e. The van der Waals surface area contributed by atoms with E-state index in [4.69, 9.17) is 14.9 Å². The van der Waals surface area contributed by atoms with E-state index in [1.54, 1.807) is 12.1 Å². The number of amides is 1. The Bertz CT molecular complexity index is 483. The molecule has 1 aromatic carbocycles.